The summed E-state index contributed by atoms with van der Waals surface area (Å²) in [4.78, 5) is 1.31. The zero-order valence-electron chi connectivity index (χ0n) is 11.6. The van der Waals surface area contributed by atoms with Crippen LogP contribution in [0.1, 0.15) is 5.56 Å². The Balaban J connectivity index is 2.07. The third kappa shape index (κ3) is 2.10. The number of aryl methyl sites for hydroxylation is 1. The maximum Gasteiger partial charge on any atom is 0.0503 e. The van der Waals surface area contributed by atoms with E-state index in [1.807, 2.05) is 11.3 Å². The van der Waals surface area contributed by atoms with Crippen molar-refractivity contribution >= 4 is 48.1 Å². The van der Waals surface area contributed by atoms with Gasteiger partial charge in [0.05, 0.1) is 4.88 Å². The molecule has 0 fully saturated rings. The lowest BCUT2D eigenvalue weighted by Gasteiger charge is -2.06. The molecule has 1 heterocycles. The molecule has 3 aromatic carbocycles. The van der Waals surface area contributed by atoms with Crippen molar-refractivity contribution in [2.24, 2.45) is 0 Å². The molecule has 0 aliphatic heterocycles. The van der Waals surface area contributed by atoms with Crippen LogP contribution in [-0.2, 0) is 0 Å². The summed E-state index contributed by atoms with van der Waals surface area (Å²) in [6, 6.07) is 21.8. The number of fused-ring (bicyclic) bond motifs is 2. The van der Waals surface area contributed by atoms with Gasteiger partial charge in [-0.15, -0.1) is 11.3 Å². The topological polar surface area (TPSA) is 0 Å². The predicted molar refractivity (Wildman–Crippen MR) is 97.2 cm³/mol. The molecule has 21 heavy (non-hydrogen) atoms. The minimum absolute atomic E-state index is 1.20. The highest BCUT2D eigenvalue weighted by molar-refractivity contribution is 9.10. The standard InChI is InChI=1S/C19H13BrS/c1-12-9-10-14-13(11-12)5-4-7-15(14)19-18(20)16-6-2-3-8-17(16)21-19/h2-11H,1H3. The largest absolute Gasteiger partial charge is 0.134 e. The zero-order chi connectivity index (χ0) is 14.4. The van der Waals surface area contributed by atoms with E-state index >= 15 is 0 Å². The molecule has 0 amide bonds. The van der Waals surface area contributed by atoms with Gasteiger partial charge in [0.1, 0.15) is 0 Å². The quantitative estimate of drug-likeness (QED) is 0.353. The molecule has 1 aromatic heterocycles. The molecule has 4 aromatic rings. The highest BCUT2D eigenvalue weighted by Gasteiger charge is 2.13. The van der Waals surface area contributed by atoms with Crippen molar-refractivity contribution in [2.45, 2.75) is 6.92 Å². The Morgan fingerprint density at radius 1 is 0.857 bits per heavy atom. The molecule has 0 saturated carbocycles. The van der Waals surface area contributed by atoms with Crippen LogP contribution < -0.4 is 0 Å². The third-order valence-electron chi connectivity index (χ3n) is 3.82. The van der Waals surface area contributed by atoms with E-state index in [0.717, 1.165) is 0 Å². The predicted octanol–water partition coefficient (Wildman–Crippen LogP) is 6.79. The third-order valence-corrected chi connectivity index (χ3v) is 6.11. The maximum atomic E-state index is 3.80. The molecular formula is C19H13BrS. The van der Waals surface area contributed by atoms with Crippen molar-refractivity contribution in [1.29, 1.82) is 0 Å². The van der Waals surface area contributed by atoms with E-state index in [-0.39, 0.29) is 0 Å². The molecule has 102 valence electrons. The van der Waals surface area contributed by atoms with Gasteiger partial charge >= 0.3 is 0 Å². The summed E-state index contributed by atoms with van der Waals surface area (Å²) in [6.45, 7) is 2.14. The summed E-state index contributed by atoms with van der Waals surface area (Å²) in [5.74, 6) is 0. The van der Waals surface area contributed by atoms with Crippen LogP contribution >= 0.6 is 27.3 Å². The Morgan fingerprint density at radius 3 is 2.57 bits per heavy atom. The minimum Gasteiger partial charge on any atom is -0.134 e. The Bertz CT molecular complexity index is 966. The first-order chi connectivity index (χ1) is 10.2. The van der Waals surface area contributed by atoms with Crippen LogP contribution in [0.4, 0.5) is 0 Å². The van der Waals surface area contributed by atoms with E-state index in [0.29, 0.717) is 0 Å². The lowest BCUT2D eigenvalue weighted by molar-refractivity contribution is 1.51. The molecule has 2 heteroatoms. The molecule has 0 bridgehead atoms. The van der Waals surface area contributed by atoms with Gasteiger partial charge < -0.3 is 0 Å². The van der Waals surface area contributed by atoms with E-state index in [4.69, 9.17) is 0 Å². The number of benzene rings is 3. The number of hydrogen-bond acceptors (Lipinski definition) is 1. The molecule has 0 atom stereocenters. The SMILES string of the molecule is Cc1ccc2c(-c3sc4ccccc4c3Br)cccc2c1. The summed E-state index contributed by atoms with van der Waals surface area (Å²) < 4.78 is 2.53. The fourth-order valence-corrected chi connectivity index (χ4v) is 4.86. The van der Waals surface area contributed by atoms with E-state index in [2.05, 4.69) is 83.5 Å². The van der Waals surface area contributed by atoms with Crippen molar-refractivity contribution in [3.63, 3.8) is 0 Å². The number of rotatable bonds is 1. The second kappa shape index (κ2) is 4.97. The average molecular weight is 353 g/mol. The fraction of sp³-hybridized carbons (Fsp3) is 0.0526. The lowest BCUT2D eigenvalue weighted by Crippen LogP contribution is -1.80. The molecule has 0 nitrogen and oxygen atoms in total. The molecule has 0 spiro atoms. The van der Waals surface area contributed by atoms with Gasteiger partial charge in [-0.05, 0) is 39.7 Å². The van der Waals surface area contributed by atoms with Crippen LogP contribution in [0, 0.1) is 6.92 Å². The zero-order valence-corrected chi connectivity index (χ0v) is 14.0. The van der Waals surface area contributed by atoms with Crippen LogP contribution in [0.15, 0.2) is 65.1 Å². The van der Waals surface area contributed by atoms with Crippen LogP contribution in [0.25, 0.3) is 31.3 Å². The van der Waals surface area contributed by atoms with Crippen LogP contribution in [-0.4, -0.2) is 0 Å². The molecular weight excluding hydrogens is 340 g/mol. The Labute approximate surface area is 136 Å². The van der Waals surface area contributed by atoms with Gasteiger partial charge in [0.25, 0.3) is 0 Å². The molecule has 0 radical (unpaired) electrons. The van der Waals surface area contributed by atoms with Gasteiger partial charge in [-0.25, -0.2) is 0 Å². The first-order valence-corrected chi connectivity index (χ1v) is 8.52. The van der Waals surface area contributed by atoms with E-state index in [1.54, 1.807) is 0 Å². The summed E-state index contributed by atoms with van der Waals surface area (Å²) >= 11 is 5.65. The van der Waals surface area contributed by atoms with Gasteiger partial charge in [-0.1, -0.05) is 60.2 Å². The van der Waals surface area contributed by atoms with Crippen LogP contribution in [0.2, 0.25) is 0 Å². The summed E-state index contributed by atoms with van der Waals surface area (Å²) in [5, 5.41) is 3.91. The summed E-state index contributed by atoms with van der Waals surface area (Å²) in [5.41, 5.74) is 2.61. The van der Waals surface area contributed by atoms with Crippen molar-refractivity contribution in [1.82, 2.24) is 0 Å². The molecule has 0 aliphatic carbocycles. The highest BCUT2D eigenvalue weighted by atomic mass is 79.9. The Kier molecular flexibility index (Phi) is 3.09. The van der Waals surface area contributed by atoms with Gasteiger partial charge in [0.15, 0.2) is 0 Å². The second-order valence-electron chi connectivity index (χ2n) is 5.27. The van der Waals surface area contributed by atoms with E-state index in [9.17, 15) is 0 Å². The van der Waals surface area contributed by atoms with Gasteiger partial charge in [0, 0.05) is 20.1 Å². The normalized spacial score (nSPS) is 11.3. The van der Waals surface area contributed by atoms with Crippen molar-refractivity contribution < 1.29 is 0 Å². The smallest absolute Gasteiger partial charge is 0.0503 e. The molecule has 0 N–H and O–H groups in total. The van der Waals surface area contributed by atoms with Crippen molar-refractivity contribution in [3.05, 3.63) is 70.7 Å². The second-order valence-corrected chi connectivity index (χ2v) is 7.12. The van der Waals surface area contributed by atoms with Gasteiger partial charge in [-0.2, -0.15) is 0 Å². The molecule has 0 unspecified atom stereocenters. The monoisotopic (exact) mass is 352 g/mol. The van der Waals surface area contributed by atoms with E-state index in [1.165, 1.54) is 41.3 Å². The first kappa shape index (κ1) is 13.1. The van der Waals surface area contributed by atoms with Crippen LogP contribution in [0.3, 0.4) is 0 Å². The highest BCUT2D eigenvalue weighted by Crippen LogP contribution is 2.44. The summed E-state index contributed by atoms with van der Waals surface area (Å²) in [6.07, 6.45) is 0. The Morgan fingerprint density at radius 2 is 1.71 bits per heavy atom. The minimum atomic E-state index is 1.20. The number of hydrogen-bond donors (Lipinski definition) is 0. The molecule has 0 saturated heterocycles. The van der Waals surface area contributed by atoms with Gasteiger partial charge in [-0.3, -0.25) is 0 Å². The van der Waals surface area contributed by atoms with E-state index < -0.39 is 0 Å². The van der Waals surface area contributed by atoms with Gasteiger partial charge in [0.2, 0.25) is 0 Å². The van der Waals surface area contributed by atoms with Crippen LogP contribution in [0.5, 0.6) is 0 Å². The maximum absolute atomic E-state index is 3.80. The Hall–Kier alpha value is -1.64. The number of halogens is 1. The molecule has 4 rings (SSSR count). The molecule has 0 aliphatic rings. The van der Waals surface area contributed by atoms with Crippen molar-refractivity contribution in [3.8, 4) is 10.4 Å². The summed E-state index contributed by atoms with van der Waals surface area (Å²) in [7, 11) is 0. The lowest BCUT2D eigenvalue weighted by atomic mass is 10.0. The van der Waals surface area contributed by atoms with Crippen molar-refractivity contribution in [2.75, 3.05) is 0 Å². The fourth-order valence-electron chi connectivity index (χ4n) is 2.79. The average Bonchev–Trinajstić information content (AvgIpc) is 2.84. The number of thiophene rings is 1. The first-order valence-electron chi connectivity index (χ1n) is 6.91.